The highest BCUT2D eigenvalue weighted by atomic mass is 19.4. The van der Waals surface area contributed by atoms with Crippen LogP contribution in [0.15, 0.2) is 23.9 Å². The van der Waals surface area contributed by atoms with Gasteiger partial charge in [0, 0.05) is 11.8 Å². The maximum absolute atomic E-state index is 11.9. The molecule has 66 valence electrons. The van der Waals surface area contributed by atoms with Gasteiger partial charge in [0.1, 0.15) is 6.04 Å². The van der Waals surface area contributed by atoms with Crippen LogP contribution in [0.3, 0.4) is 0 Å². The minimum Gasteiger partial charge on any atom is -0.376 e. The van der Waals surface area contributed by atoms with Gasteiger partial charge >= 0.3 is 6.18 Å². The van der Waals surface area contributed by atoms with Gasteiger partial charge in [0.05, 0.1) is 0 Å². The van der Waals surface area contributed by atoms with E-state index in [1.54, 1.807) is 0 Å². The monoisotopic (exact) mass is 177 g/mol. The molecule has 0 amide bonds. The Kier molecular flexibility index (Phi) is 2.21. The number of nitrogens with one attached hydrogen (secondary N) is 1. The number of halogens is 3. The highest BCUT2D eigenvalue weighted by Crippen LogP contribution is 2.22. The fraction of sp³-hybridized carbons (Fsp3) is 0.286. The third kappa shape index (κ3) is 1.87. The SMILES string of the molecule is O=CC1=CNC(C(F)(F)F)C=C1. The van der Waals surface area contributed by atoms with Gasteiger partial charge in [-0.3, -0.25) is 4.79 Å². The molecule has 0 saturated heterocycles. The molecular formula is C7H6F3NO. The molecule has 0 spiro atoms. The lowest BCUT2D eigenvalue weighted by Gasteiger charge is -2.19. The van der Waals surface area contributed by atoms with Gasteiger partial charge in [-0.05, 0) is 0 Å². The summed E-state index contributed by atoms with van der Waals surface area (Å²) in [6, 6.07) is -1.68. The van der Waals surface area contributed by atoms with Crippen LogP contribution in [-0.4, -0.2) is 18.5 Å². The molecule has 5 heteroatoms. The highest BCUT2D eigenvalue weighted by Gasteiger charge is 2.37. The summed E-state index contributed by atoms with van der Waals surface area (Å²) >= 11 is 0. The molecule has 0 aromatic rings. The van der Waals surface area contributed by atoms with E-state index in [1.807, 2.05) is 0 Å². The predicted molar refractivity (Wildman–Crippen MR) is 36.3 cm³/mol. The smallest absolute Gasteiger partial charge is 0.376 e. The molecule has 0 aliphatic carbocycles. The van der Waals surface area contributed by atoms with Crippen LogP contribution in [-0.2, 0) is 4.79 Å². The minimum absolute atomic E-state index is 0.204. The van der Waals surface area contributed by atoms with Crippen molar-refractivity contribution in [3.63, 3.8) is 0 Å². The molecule has 12 heavy (non-hydrogen) atoms. The van der Waals surface area contributed by atoms with Gasteiger partial charge in [-0.1, -0.05) is 12.2 Å². The molecule has 0 radical (unpaired) electrons. The average molecular weight is 177 g/mol. The van der Waals surface area contributed by atoms with Gasteiger partial charge in [-0.2, -0.15) is 13.2 Å². The van der Waals surface area contributed by atoms with E-state index in [9.17, 15) is 18.0 Å². The van der Waals surface area contributed by atoms with Crippen molar-refractivity contribution in [1.82, 2.24) is 5.32 Å². The molecule has 0 fully saturated rings. The molecule has 1 N–H and O–H groups in total. The molecule has 2 nitrogen and oxygen atoms in total. The highest BCUT2D eigenvalue weighted by molar-refractivity contribution is 5.77. The summed E-state index contributed by atoms with van der Waals surface area (Å²) in [5, 5.41) is 2.05. The van der Waals surface area contributed by atoms with E-state index in [1.165, 1.54) is 0 Å². The predicted octanol–water partition coefficient (Wildman–Crippen LogP) is 1.16. The summed E-state index contributed by atoms with van der Waals surface area (Å²) in [5.41, 5.74) is 0.204. The molecule has 1 atom stereocenters. The molecule has 0 bridgehead atoms. The van der Waals surface area contributed by atoms with E-state index in [2.05, 4.69) is 5.32 Å². The van der Waals surface area contributed by atoms with Crippen LogP contribution in [0.4, 0.5) is 13.2 Å². The summed E-state index contributed by atoms with van der Waals surface area (Å²) in [6.07, 6.45) is -0.728. The minimum atomic E-state index is -4.30. The number of allylic oxidation sites excluding steroid dienone is 2. The zero-order valence-corrected chi connectivity index (χ0v) is 5.93. The molecule has 1 aliphatic heterocycles. The molecule has 0 aromatic carbocycles. The van der Waals surface area contributed by atoms with E-state index < -0.39 is 12.2 Å². The second-order valence-electron chi connectivity index (χ2n) is 2.31. The number of dihydropyridines is 1. The first-order chi connectivity index (χ1) is 5.54. The van der Waals surface area contributed by atoms with Crippen molar-refractivity contribution in [2.24, 2.45) is 0 Å². The number of carbonyl (C=O) groups is 1. The maximum Gasteiger partial charge on any atom is 0.412 e. The molecule has 1 heterocycles. The first-order valence-electron chi connectivity index (χ1n) is 3.20. The van der Waals surface area contributed by atoms with Crippen molar-refractivity contribution in [1.29, 1.82) is 0 Å². The summed E-state index contributed by atoms with van der Waals surface area (Å²) in [4.78, 5) is 10.1. The number of rotatable bonds is 1. The van der Waals surface area contributed by atoms with Crippen LogP contribution in [0, 0.1) is 0 Å². The van der Waals surface area contributed by atoms with E-state index in [0.29, 0.717) is 6.29 Å². The quantitative estimate of drug-likeness (QED) is 0.609. The van der Waals surface area contributed by atoms with E-state index in [-0.39, 0.29) is 5.57 Å². The van der Waals surface area contributed by atoms with Gasteiger partial charge < -0.3 is 5.32 Å². The zero-order valence-electron chi connectivity index (χ0n) is 5.93. The normalized spacial score (nSPS) is 22.9. The van der Waals surface area contributed by atoms with Crippen LogP contribution >= 0.6 is 0 Å². The lowest BCUT2D eigenvalue weighted by atomic mass is 10.1. The second kappa shape index (κ2) is 3.00. The summed E-state index contributed by atoms with van der Waals surface area (Å²) in [5.74, 6) is 0. The van der Waals surface area contributed by atoms with Crippen LogP contribution in [0.25, 0.3) is 0 Å². The van der Waals surface area contributed by atoms with Crippen LogP contribution in [0.1, 0.15) is 0 Å². The van der Waals surface area contributed by atoms with Crippen molar-refractivity contribution >= 4 is 6.29 Å². The van der Waals surface area contributed by atoms with Gasteiger partial charge in [-0.15, -0.1) is 0 Å². The molecule has 1 unspecified atom stereocenters. The zero-order chi connectivity index (χ0) is 9.19. The fourth-order valence-corrected chi connectivity index (χ4v) is 0.774. The Morgan fingerprint density at radius 2 is 2.17 bits per heavy atom. The van der Waals surface area contributed by atoms with E-state index >= 15 is 0 Å². The van der Waals surface area contributed by atoms with Gasteiger partial charge in [0.15, 0.2) is 6.29 Å². The Balaban J connectivity index is 2.66. The molecule has 1 rings (SSSR count). The first kappa shape index (κ1) is 8.83. The maximum atomic E-state index is 11.9. The van der Waals surface area contributed by atoms with Crippen molar-refractivity contribution < 1.29 is 18.0 Å². The largest absolute Gasteiger partial charge is 0.412 e. The molecule has 0 aromatic heterocycles. The Hall–Kier alpha value is -1.26. The lowest BCUT2D eigenvalue weighted by Crippen LogP contribution is -2.39. The fourth-order valence-electron chi connectivity index (χ4n) is 0.774. The van der Waals surface area contributed by atoms with Gasteiger partial charge in [0.2, 0.25) is 0 Å². The summed E-state index contributed by atoms with van der Waals surface area (Å²) < 4.78 is 35.8. The standard InChI is InChI=1S/C7H6F3NO/c8-7(9,10)6-2-1-5(4-12)3-11-6/h1-4,6,11H. The van der Waals surface area contributed by atoms with Crippen molar-refractivity contribution in [3.05, 3.63) is 23.9 Å². The Labute approximate surface area is 66.8 Å². The van der Waals surface area contributed by atoms with E-state index in [0.717, 1.165) is 18.4 Å². The molecular weight excluding hydrogens is 171 g/mol. The number of hydrogen-bond acceptors (Lipinski definition) is 2. The number of alkyl halides is 3. The molecule has 1 aliphatic rings. The Morgan fingerprint density at radius 1 is 1.50 bits per heavy atom. The van der Waals surface area contributed by atoms with Crippen LogP contribution in [0.2, 0.25) is 0 Å². The van der Waals surface area contributed by atoms with Gasteiger partial charge in [-0.25, -0.2) is 0 Å². The Bertz CT molecular complexity index is 242. The van der Waals surface area contributed by atoms with Gasteiger partial charge in [0.25, 0.3) is 0 Å². The number of aldehydes is 1. The van der Waals surface area contributed by atoms with Crippen LogP contribution < -0.4 is 5.32 Å². The van der Waals surface area contributed by atoms with Crippen molar-refractivity contribution in [2.75, 3.05) is 0 Å². The topological polar surface area (TPSA) is 29.1 Å². The molecule has 0 saturated carbocycles. The summed E-state index contributed by atoms with van der Waals surface area (Å²) in [6.45, 7) is 0. The van der Waals surface area contributed by atoms with E-state index in [4.69, 9.17) is 0 Å². The van der Waals surface area contributed by atoms with Crippen molar-refractivity contribution in [2.45, 2.75) is 12.2 Å². The first-order valence-corrected chi connectivity index (χ1v) is 3.20. The number of carbonyl (C=O) groups excluding carboxylic acids is 1. The lowest BCUT2D eigenvalue weighted by molar-refractivity contribution is -0.142. The number of hydrogen-bond donors (Lipinski definition) is 1. The second-order valence-corrected chi connectivity index (χ2v) is 2.31. The van der Waals surface area contributed by atoms with Crippen molar-refractivity contribution in [3.8, 4) is 0 Å². The van der Waals surface area contributed by atoms with Crippen LogP contribution in [0.5, 0.6) is 0 Å². The summed E-state index contributed by atoms with van der Waals surface area (Å²) in [7, 11) is 0. The Morgan fingerprint density at radius 3 is 2.50 bits per heavy atom. The third-order valence-electron chi connectivity index (χ3n) is 1.40. The average Bonchev–Trinajstić information content (AvgIpc) is 2.03. The third-order valence-corrected chi connectivity index (χ3v) is 1.40.